The molecule has 2 aliphatic heterocycles. The normalized spacial score (nSPS) is 15.7. The summed E-state index contributed by atoms with van der Waals surface area (Å²) in [6.45, 7) is 2.82. The van der Waals surface area contributed by atoms with Crippen LogP contribution in [-0.2, 0) is 25.5 Å². The number of rotatable bonds is 6. The molecule has 0 aromatic heterocycles. The lowest BCUT2D eigenvalue weighted by Crippen LogP contribution is -2.36. The third kappa shape index (κ3) is 3.81. The van der Waals surface area contributed by atoms with E-state index < -0.39 is 25.1 Å². The summed E-state index contributed by atoms with van der Waals surface area (Å²) in [5.41, 5.74) is 2.41. The first-order chi connectivity index (χ1) is 12.5. The van der Waals surface area contributed by atoms with Crippen LogP contribution in [0.2, 0.25) is 0 Å². The SMILES string of the molecule is Cc1c(C(=O)NCC(=O)OCCN2CCOC2=O)ccc2c1B(O)OC2. The van der Waals surface area contributed by atoms with Gasteiger partial charge in [-0.25, -0.2) is 4.79 Å². The number of hydrogen-bond donors (Lipinski definition) is 2. The van der Waals surface area contributed by atoms with E-state index in [1.54, 1.807) is 19.1 Å². The Hall–Kier alpha value is -2.59. The summed E-state index contributed by atoms with van der Waals surface area (Å²) in [5.74, 6) is -1.04. The highest BCUT2D eigenvalue weighted by Gasteiger charge is 2.31. The summed E-state index contributed by atoms with van der Waals surface area (Å²) >= 11 is 0. The van der Waals surface area contributed by atoms with Crippen molar-refractivity contribution in [3.05, 3.63) is 28.8 Å². The summed E-state index contributed by atoms with van der Waals surface area (Å²) in [6.07, 6.45) is -0.424. The Balaban J connectivity index is 1.47. The fourth-order valence-corrected chi connectivity index (χ4v) is 2.95. The number of cyclic esters (lactones) is 1. The van der Waals surface area contributed by atoms with E-state index in [-0.39, 0.29) is 19.7 Å². The molecule has 0 atom stereocenters. The molecule has 10 heteroatoms. The second-order valence-electron chi connectivity index (χ2n) is 5.98. The molecule has 0 bridgehead atoms. The third-order valence-corrected chi connectivity index (χ3v) is 4.36. The van der Waals surface area contributed by atoms with Crippen molar-refractivity contribution in [3.8, 4) is 0 Å². The molecule has 138 valence electrons. The number of nitrogens with zero attached hydrogens (tertiary/aromatic N) is 1. The average Bonchev–Trinajstić information content (AvgIpc) is 3.19. The predicted octanol–water partition coefficient (Wildman–Crippen LogP) is -1.06. The fourth-order valence-electron chi connectivity index (χ4n) is 2.95. The van der Waals surface area contributed by atoms with Crippen LogP contribution in [0.1, 0.15) is 21.5 Å². The van der Waals surface area contributed by atoms with Crippen LogP contribution in [0, 0.1) is 6.92 Å². The van der Waals surface area contributed by atoms with Crippen LogP contribution in [0.25, 0.3) is 0 Å². The summed E-state index contributed by atoms with van der Waals surface area (Å²) in [4.78, 5) is 36.7. The monoisotopic (exact) mass is 362 g/mol. The first kappa shape index (κ1) is 18.2. The maximum atomic E-state index is 12.3. The lowest BCUT2D eigenvalue weighted by atomic mass is 9.75. The molecule has 1 saturated heterocycles. The van der Waals surface area contributed by atoms with Crippen LogP contribution in [0.4, 0.5) is 4.79 Å². The Kier molecular flexibility index (Phi) is 5.43. The van der Waals surface area contributed by atoms with Gasteiger partial charge in [0.15, 0.2) is 0 Å². The zero-order chi connectivity index (χ0) is 18.7. The molecule has 0 unspecified atom stereocenters. The van der Waals surface area contributed by atoms with Gasteiger partial charge in [0.25, 0.3) is 5.91 Å². The smallest absolute Gasteiger partial charge is 0.462 e. The molecule has 1 aromatic carbocycles. The van der Waals surface area contributed by atoms with Crippen molar-refractivity contribution in [2.45, 2.75) is 13.5 Å². The number of benzene rings is 1. The Bertz CT molecular complexity index is 740. The van der Waals surface area contributed by atoms with Crippen LogP contribution in [-0.4, -0.2) is 67.9 Å². The Morgan fingerprint density at radius 3 is 2.96 bits per heavy atom. The molecule has 0 spiro atoms. The van der Waals surface area contributed by atoms with E-state index >= 15 is 0 Å². The zero-order valence-electron chi connectivity index (χ0n) is 14.3. The highest BCUT2D eigenvalue weighted by Crippen LogP contribution is 2.16. The van der Waals surface area contributed by atoms with Gasteiger partial charge in [-0.05, 0) is 29.6 Å². The van der Waals surface area contributed by atoms with Crippen molar-refractivity contribution in [3.63, 3.8) is 0 Å². The highest BCUT2D eigenvalue weighted by atomic mass is 16.6. The summed E-state index contributed by atoms with van der Waals surface area (Å²) in [5, 5.41) is 12.3. The van der Waals surface area contributed by atoms with E-state index in [0.717, 1.165) is 5.56 Å². The van der Waals surface area contributed by atoms with E-state index in [0.29, 0.717) is 36.3 Å². The number of fused-ring (bicyclic) bond motifs is 1. The van der Waals surface area contributed by atoms with Gasteiger partial charge in [-0.3, -0.25) is 9.59 Å². The Morgan fingerprint density at radius 1 is 1.42 bits per heavy atom. The lowest BCUT2D eigenvalue weighted by molar-refractivity contribution is -0.142. The quantitative estimate of drug-likeness (QED) is 0.490. The van der Waals surface area contributed by atoms with E-state index in [4.69, 9.17) is 14.1 Å². The molecule has 26 heavy (non-hydrogen) atoms. The van der Waals surface area contributed by atoms with Gasteiger partial charge >= 0.3 is 19.2 Å². The molecule has 2 amide bonds. The van der Waals surface area contributed by atoms with Gasteiger partial charge in [-0.2, -0.15) is 0 Å². The largest absolute Gasteiger partial charge is 0.492 e. The number of carbonyl (C=O) groups excluding carboxylic acids is 3. The van der Waals surface area contributed by atoms with E-state index in [1.165, 1.54) is 4.90 Å². The number of esters is 1. The lowest BCUT2D eigenvalue weighted by Gasteiger charge is -2.13. The zero-order valence-corrected chi connectivity index (χ0v) is 14.3. The number of carbonyl (C=O) groups is 3. The minimum Gasteiger partial charge on any atom is -0.462 e. The molecule has 0 saturated carbocycles. The van der Waals surface area contributed by atoms with E-state index in [9.17, 15) is 19.4 Å². The van der Waals surface area contributed by atoms with E-state index in [2.05, 4.69) is 5.32 Å². The van der Waals surface area contributed by atoms with Crippen LogP contribution in [0.5, 0.6) is 0 Å². The van der Waals surface area contributed by atoms with Gasteiger partial charge in [0.2, 0.25) is 0 Å². The van der Waals surface area contributed by atoms with Gasteiger partial charge in [-0.15, -0.1) is 0 Å². The Labute approximate surface area is 150 Å². The topological polar surface area (TPSA) is 114 Å². The molecule has 0 aliphatic carbocycles. The maximum absolute atomic E-state index is 12.3. The number of amides is 2. The third-order valence-electron chi connectivity index (χ3n) is 4.36. The molecule has 3 rings (SSSR count). The molecule has 1 aromatic rings. The van der Waals surface area contributed by atoms with Gasteiger partial charge in [-0.1, -0.05) is 6.07 Å². The number of hydrogen-bond acceptors (Lipinski definition) is 7. The average molecular weight is 362 g/mol. The minimum atomic E-state index is -1.04. The van der Waals surface area contributed by atoms with Gasteiger partial charge in [0, 0.05) is 5.56 Å². The molecule has 2 N–H and O–H groups in total. The second kappa shape index (κ2) is 7.75. The number of nitrogens with one attached hydrogen (secondary N) is 1. The fraction of sp³-hybridized carbons (Fsp3) is 0.438. The van der Waals surface area contributed by atoms with Crippen molar-refractivity contribution in [2.75, 3.05) is 32.8 Å². The van der Waals surface area contributed by atoms with Crippen molar-refractivity contribution < 1.29 is 33.5 Å². The van der Waals surface area contributed by atoms with Crippen LogP contribution >= 0.6 is 0 Å². The molecular weight excluding hydrogens is 343 g/mol. The van der Waals surface area contributed by atoms with Crippen molar-refractivity contribution in [1.29, 1.82) is 0 Å². The molecule has 2 heterocycles. The van der Waals surface area contributed by atoms with Crippen molar-refractivity contribution >= 4 is 30.6 Å². The maximum Gasteiger partial charge on any atom is 0.492 e. The first-order valence-electron chi connectivity index (χ1n) is 8.25. The Morgan fingerprint density at radius 2 is 2.23 bits per heavy atom. The van der Waals surface area contributed by atoms with Gasteiger partial charge in [0.1, 0.15) is 19.8 Å². The molecular formula is C16H19BN2O7. The molecule has 9 nitrogen and oxygen atoms in total. The summed E-state index contributed by atoms with van der Waals surface area (Å²) in [7, 11) is -1.04. The van der Waals surface area contributed by atoms with Crippen LogP contribution in [0.15, 0.2) is 12.1 Å². The van der Waals surface area contributed by atoms with E-state index in [1.807, 2.05) is 0 Å². The second-order valence-corrected chi connectivity index (χ2v) is 5.98. The van der Waals surface area contributed by atoms with Crippen molar-refractivity contribution in [1.82, 2.24) is 10.2 Å². The van der Waals surface area contributed by atoms with Crippen LogP contribution < -0.4 is 10.8 Å². The minimum absolute atomic E-state index is 0.0329. The molecule has 0 radical (unpaired) electrons. The standard InChI is InChI=1S/C16H19BN2O7/c1-10-12(3-2-11-9-26-17(23)14(10)11)15(21)18-8-13(20)24-6-4-19-5-7-25-16(19)22/h2-3,23H,4-9H2,1H3,(H,18,21). The predicted molar refractivity (Wildman–Crippen MR) is 89.8 cm³/mol. The molecule has 2 aliphatic rings. The van der Waals surface area contributed by atoms with Crippen LogP contribution in [0.3, 0.4) is 0 Å². The van der Waals surface area contributed by atoms with Gasteiger partial charge in [0.05, 0.1) is 19.7 Å². The number of ether oxygens (including phenoxy) is 2. The summed E-state index contributed by atoms with van der Waals surface area (Å²) < 4.78 is 14.9. The van der Waals surface area contributed by atoms with Crippen molar-refractivity contribution in [2.24, 2.45) is 0 Å². The van der Waals surface area contributed by atoms with Gasteiger partial charge < -0.3 is 29.4 Å². The first-order valence-corrected chi connectivity index (χ1v) is 8.25. The molecule has 1 fully saturated rings. The summed E-state index contributed by atoms with van der Waals surface area (Å²) in [6, 6.07) is 3.36. The highest BCUT2D eigenvalue weighted by molar-refractivity contribution is 6.62.